The van der Waals surface area contributed by atoms with Gasteiger partial charge in [-0.3, -0.25) is 4.90 Å². The quantitative estimate of drug-likeness (QED) is 0.680. The van der Waals surface area contributed by atoms with Crippen molar-refractivity contribution in [2.75, 3.05) is 57.3 Å². The van der Waals surface area contributed by atoms with Crippen LogP contribution >= 0.6 is 0 Å². The molecule has 2 fully saturated rings. The van der Waals surface area contributed by atoms with Gasteiger partial charge in [0, 0.05) is 44.5 Å². The number of rotatable bonds is 7. The van der Waals surface area contributed by atoms with Gasteiger partial charge in [0.25, 0.3) is 0 Å². The third kappa shape index (κ3) is 6.17. The lowest BCUT2D eigenvalue weighted by Crippen LogP contribution is -2.48. The monoisotopic (exact) mass is 361 g/mol. The Labute approximate surface area is 161 Å². The van der Waals surface area contributed by atoms with Gasteiger partial charge < -0.3 is 14.5 Å². The van der Waals surface area contributed by atoms with Crippen molar-refractivity contribution in [3.05, 3.63) is 24.3 Å². The normalized spacial score (nSPS) is 19.4. The molecule has 2 aliphatic heterocycles. The molecule has 0 aliphatic carbocycles. The van der Waals surface area contributed by atoms with E-state index in [9.17, 15) is 0 Å². The second kappa shape index (κ2) is 10.8. The molecule has 1 aromatic carbocycles. The van der Waals surface area contributed by atoms with Gasteiger partial charge in [0.05, 0.1) is 6.61 Å². The molecule has 4 nitrogen and oxygen atoms in total. The fraction of sp³-hybridized carbons (Fsp3) is 0.727. The highest BCUT2D eigenvalue weighted by Crippen LogP contribution is 2.21. The number of nitrogens with zero attached hydrogens (tertiary/aromatic N) is 3. The molecule has 2 aliphatic rings. The van der Waals surface area contributed by atoms with Crippen molar-refractivity contribution in [1.29, 1.82) is 0 Å². The molecule has 0 radical (unpaired) electrons. The van der Waals surface area contributed by atoms with Crippen LogP contribution in [0.3, 0.4) is 0 Å². The smallest absolute Gasteiger partial charge is 0.119 e. The zero-order valence-corrected chi connectivity index (χ0v) is 16.1. The lowest BCUT2D eigenvalue weighted by Gasteiger charge is -2.38. The second-order valence-electron chi connectivity index (χ2n) is 7.71. The van der Waals surface area contributed by atoms with E-state index in [1.54, 1.807) is 0 Å². The summed E-state index contributed by atoms with van der Waals surface area (Å²) in [5.41, 5.74) is 1.32. The van der Waals surface area contributed by atoms with Gasteiger partial charge in [-0.1, -0.05) is 13.8 Å². The third-order valence-corrected chi connectivity index (χ3v) is 5.58. The Morgan fingerprint density at radius 2 is 1.54 bits per heavy atom. The number of benzene rings is 1. The van der Waals surface area contributed by atoms with Crippen molar-refractivity contribution in [3.8, 4) is 5.75 Å². The van der Waals surface area contributed by atoms with E-state index in [1.165, 1.54) is 44.6 Å². The van der Waals surface area contributed by atoms with Gasteiger partial charge in [0.15, 0.2) is 0 Å². The minimum Gasteiger partial charge on any atom is -0.494 e. The van der Waals surface area contributed by atoms with Crippen LogP contribution in [-0.2, 0) is 0 Å². The maximum Gasteiger partial charge on any atom is 0.119 e. The van der Waals surface area contributed by atoms with Crippen molar-refractivity contribution < 1.29 is 4.74 Å². The molecule has 2 heterocycles. The minimum atomic E-state index is 0. The van der Waals surface area contributed by atoms with Crippen LogP contribution in [0, 0.1) is 0 Å². The lowest BCUT2D eigenvalue weighted by atomic mass is 10.1. The van der Waals surface area contributed by atoms with Crippen LogP contribution in [0.2, 0.25) is 0 Å². The number of likely N-dealkylation sites (tertiary alicyclic amines) is 1. The van der Waals surface area contributed by atoms with Crippen LogP contribution in [0.25, 0.3) is 0 Å². The van der Waals surface area contributed by atoms with Crippen molar-refractivity contribution in [2.24, 2.45) is 0 Å². The average molecular weight is 362 g/mol. The molecule has 0 aromatic heterocycles. The number of anilines is 1. The van der Waals surface area contributed by atoms with E-state index in [-0.39, 0.29) is 7.43 Å². The van der Waals surface area contributed by atoms with Crippen molar-refractivity contribution in [3.63, 3.8) is 0 Å². The minimum absolute atomic E-state index is 0. The predicted octanol–water partition coefficient (Wildman–Crippen LogP) is 4.11. The zero-order chi connectivity index (χ0) is 17.5. The molecule has 0 atom stereocenters. The highest BCUT2D eigenvalue weighted by Gasteiger charge is 2.18. The van der Waals surface area contributed by atoms with Gasteiger partial charge in [-0.05, 0) is 70.5 Å². The van der Waals surface area contributed by atoms with E-state index < -0.39 is 0 Å². The standard InChI is InChI=1S/C21H35N3O.CH4/c1-19(2)23-14-16-24(17-15-23)20-7-9-21(10-8-20)25-18-6-13-22-11-4-3-5-12-22;/h7-10,19H,3-6,11-18H2,1-2H3;1H4. The van der Waals surface area contributed by atoms with Gasteiger partial charge in [0.2, 0.25) is 0 Å². The highest BCUT2D eigenvalue weighted by atomic mass is 16.5. The van der Waals surface area contributed by atoms with E-state index in [4.69, 9.17) is 4.74 Å². The molecule has 0 spiro atoms. The van der Waals surface area contributed by atoms with Crippen LogP contribution < -0.4 is 9.64 Å². The van der Waals surface area contributed by atoms with Crippen molar-refractivity contribution >= 4 is 5.69 Å². The summed E-state index contributed by atoms with van der Waals surface area (Å²) in [4.78, 5) is 7.61. The first-order valence-electron chi connectivity index (χ1n) is 10.2. The molecule has 2 saturated heterocycles. The van der Waals surface area contributed by atoms with Crippen molar-refractivity contribution in [1.82, 2.24) is 9.80 Å². The maximum atomic E-state index is 5.93. The Kier molecular flexibility index (Phi) is 8.73. The van der Waals surface area contributed by atoms with E-state index in [2.05, 4.69) is 52.8 Å². The number of ether oxygens (including phenoxy) is 1. The molecule has 3 rings (SSSR count). The van der Waals surface area contributed by atoms with Crippen LogP contribution in [0.15, 0.2) is 24.3 Å². The molecule has 148 valence electrons. The van der Waals surface area contributed by atoms with Crippen LogP contribution in [-0.4, -0.2) is 68.3 Å². The van der Waals surface area contributed by atoms with Gasteiger partial charge >= 0.3 is 0 Å². The van der Waals surface area contributed by atoms with E-state index in [0.29, 0.717) is 6.04 Å². The number of hydrogen-bond acceptors (Lipinski definition) is 4. The summed E-state index contributed by atoms with van der Waals surface area (Å²) < 4.78 is 5.93. The largest absolute Gasteiger partial charge is 0.494 e. The van der Waals surface area contributed by atoms with Gasteiger partial charge in [-0.2, -0.15) is 0 Å². The molecule has 0 saturated carbocycles. The van der Waals surface area contributed by atoms with E-state index >= 15 is 0 Å². The zero-order valence-electron chi connectivity index (χ0n) is 16.1. The summed E-state index contributed by atoms with van der Waals surface area (Å²) in [6, 6.07) is 9.34. The first-order valence-corrected chi connectivity index (χ1v) is 10.2. The maximum absolute atomic E-state index is 5.93. The summed E-state index contributed by atoms with van der Waals surface area (Å²) in [5.74, 6) is 1.00. The molecule has 26 heavy (non-hydrogen) atoms. The molecule has 1 aromatic rings. The molecule has 0 amide bonds. The topological polar surface area (TPSA) is 19.0 Å². The second-order valence-corrected chi connectivity index (χ2v) is 7.71. The predicted molar refractivity (Wildman–Crippen MR) is 112 cm³/mol. The van der Waals surface area contributed by atoms with Gasteiger partial charge in [0.1, 0.15) is 5.75 Å². The molecule has 0 unspecified atom stereocenters. The lowest BCUT2D eigenvalue weighted by molar-refractivity contribution is 0.205. The number of hydrogen-bond donors (Lipinski definition) is 0. The summed E-state index contributed by atoms with van der Waals surface area (Å²) in [5, 5.41) is 0. The van der Waals surface area contributed by atoms with Crippen LogP contribution in [0.5, 0.6) is 5.75 Å². The van der Waals surface area contributed by atoms with E-state index in [0.717, 1.165) is 45.0 Å². The average Bonchev–Trinajstić information content (AvgIpc) is 2.67. The Morgan fingerprint density at radius 1 is 0.885 bits per heavy atom. The first-order chi connectivity index (χ1) is 12.2. The van der Waals surface area contributed by atoms with Crippen LogP contribution in [0.1, 0.15) is 47.0 Å². The summed E-state index contributed by atoms with van der Waals surface area (Å²) in [6.45, 7) is 13.7. The highest BCUT2D eigenvalue weighted by molar-refractivity contribution is 5.49. The van der Waals surface area contributed by atoms with E-state index in [1.807, 2.05) is 0 Å². The van der Waals surface area contributed by atoms with Gasteiger partial charge in [-0.25, -0.2) is 0 Å². The molecule has 0 N–H and O–H groups in total. The SMILES string of the molecule is C.CC(C)N1CCN(c2ccc(OCCCN3CCCCC3)cc2)CC1. The summed E-state index contributed by atoms with van der Waals surface area (Å²) in [7, 11) is 0. The Hall–Kier alpha value is -1.26. The number of piperidine rings is 1. The molecule has 0 bridgehead atoms. The summed E-state index contributed by atoms with van der Waals surface area (Å²) >= 11 is 0. The third-order valence-electron chi connectivity index (χ3n) is 5.58. The fourth-order valence-corrected chi connectivity index (χ4v) is 3.91. The van der Waals surface area contributed by atoms with Crippen LogP contribution in [0.4, 0.5) is 5.69 Å². The van der Waals surface area contributed by atoms with Crippen molar-refractivity contribution in [2.45, 2.75) is 53.0 Å². The number of piperazine rings is 1. The fourth-order valence-electron chi connectivity index (χ4n) is 3.91. The van der Waals surface area contributed by atoms with Gasteiger partial charge in [-0.15, -0.1) is 0 Å². The Balaban J connectivity index is 0.00000243. The molecular formula is C22H39N3O. The molecular weight excluding hydrogens is 322 g/mol. The Bertz CT molecular complexity index is 489. The summed E-state index contributed by atoms with van der Waals surface area (Å²) in [6.07, 6.45) is 5.27. The molecule has 4 heteroatoms. The first kappa shape index (κ1) is 21.0. The Morgan fingerprint density at radius 3 is 2.15 bits per heavy atom.